The van der Waals surface area contributed by atoms with Gasteiger partial charge in [0.2, 0.25) is 10.8 Å². The number of piperidine rings is 1. The van der Waals surface area contributed by atoms with E-state index in [0.29, 0.717) is 43.5 Å². The number of thiazole rings is 1. The van der Waals surface area contributed by atoms with Gasteiger partial charge in [-0.2, -0.15) is 4.52 Å². The average molecular weight is 446 g/mol. The summed E-state index contributed by atoms with van der Waals surface area (Å²) >= 11 is 1.39. The van der Waals surface area contributed by atoms with Gasteiger partial charge in [0.1, 0.15) is 0 Å². The Labute approximate surface area is 182 Å². The van der Waals surface area contributed by atoms with Crippen LogP contribution in [0.4, 0.5) is 5.69 Å². The zero-order valence-corrected chi connectivity index (χ0v) is 17.9. The van der Waals surface area contributed by atoms with Gasteiger partial charge in [0.25, 0.3) is 5.69 Å². The third-order valence-corrected chi connectivity index (χ3v) is 7.04. The van der Waals surface area contributed by atoms with E-state index in [-0.39, 0.29) is 17.6 Å². The number of benzene rings is 1. The molecule has 2 saturated heterocycles. The molecule has 1 atom stereocenters. The fourth-order valence-corrected chi connectivity index (χ4v) is 5.47. The third kappa shape index (κ3) is 3.57. The number of aromatic hydroxyl groups is 1. The molecule has 31 heavy (non-hydrogen) atoms. The first kappa shape index (κ1) is 20.3. The lowest BCUT2D eigenvalue weighted by Gasteiger charge is -2.41. The van der Waals surface area contributed by atoms with Gasteiger partial charge in [0.15, 0.2) is 11.6 Å². The Morgan fingerprint density at radius 3 is 2.52 bits per heavy atom. The number of ether oxygens (including phenoxy) is 2. The van der Waals surface area contributed by atoms with Crippen molar-refractivity contribution in [3.8, 4) is 5.88 Å². The van der Waals surface area contributed by atoms with Gasteiger partial charge in [0.05, 0.1) is 29.1 Å². The number of hydrogen-bond donors (Lipinski definition) is 1. The Kier molecular flexibility index (Phi) is 5.13. The van der Waals surface area contributed by atoms with E-state index in [1.54, 1.807) is 12.1 Å². The van der Waals surface area contributed by atoms with E-state index in [1.807, 2.05) is 6.92 Å². The van der Waals surface area contributed by atoms with Crippen LogP contribution >= 0.6 is 11.3 Å². The molecule has 3 aromatic rings. The molecule has 0 saturated carbocycles. The number of rotatable bonds is 5. The van der Waals surface area contributed by atoms with Crippen LogP contribution < -0.4 is 0 Å². The number of nitro groups is 1. The summed E-state index contributed by atoms with van der Waals surface area (Å²) in [7, 11) is 0. The second kappa shape index (κ2) is 7.83. The summed E-state index contributed by atoms with van der Waals surface area (Å²) < 4.78 is 13.2. The normalized spacial score (nSPS) is 19.9. The molecule has 2 aromatic heterocycles. The number of aryl methyl sites for hydroxylation is 1. The quantitative estimate of drug-likeness (QED) is 0.471. The molecule has 2 fully saturated rings. The largest absolute Gasteiger partial charge is 0.492 e. The molecule has 1 spiro atoms. The maximum Gasteiger partial charge on any atom is 0.269 e. The number of likely N-dealkylation sites (tertiary alicyclic amines) is 1. The molecule has 1 N–H and O–H groups in total. The number of aromatic nitrogens is 3. The molecule has 5 rings (SSSR count). The van der Waals surface area contributed by atoms with E-state index in [9.17, 15) is 15.2 Å². The molecular formula is C20H23N5O5S. The van der Waals surface area contributed by atoms with Crippen molar-refractivity contribution in [2.75, 3.05) is 26.3 Å². The van der Waals surface area contributed by atoms with Crippen LogP contribution in [0.1, 0.15) is 42.1 Å². The highest BCUT2D eigenvalue weighted by Crippen LogP contribution is 2.43. The molecule has 0 bridgehead atoms. The zero-order valence-electron chi connectivity index (χ0n) is 17.1. The predicted octanol–water partition coefficient (Wildman–Crippen LogP) is 2.90. The molecule has 10 nitrogen and oxygen atoms in total. The molecule has 0 unspecified atom stereocenters. The lowest BCUT2D eigenvalue weighted by Crippen LogP contribution is -2.46. The second-order valence-corrected chi connectivity index (χ2v) is 8.77. The summed E-state index contributed by atoms with van der Waals surface area (Å²) in [5, 5.41) is 26.5. The van der Waals surface area contributed by atoms with Gasteiger partial charge in [-0.3, -0.25) is 15.0 Å². The van der Waals surface area contributed by atoms with E-state index >= 15 is 0 Å². The van der Waals surface area contributed by atoms with E-state index in [1.165, 1.54) is 28.0 Å². The van der Waals surface area contributed by atoms with Gasteiger partial charge in [-0.25, -0.2) is 4.98 Å². The van der Waals surface area contributed by atoms with Crippen molar-refractivity contribution in [3.63, 3.8) is 0 Å². The molecule has 4 heterocycles. The van der Waals surface area contributed by atoms with Crippen LogP contribution in [-0.2, 0) is 15.9 Å². The molecule has 11 heteroatoms. The van der Waals surface area contributed by atoms with E-state index < -0.39 is 10.7 Å². The van der Waals surface area contributed by atoms with Gasteiger partial charge in [-0.1, -0.05) is 30.4 Å². The Morgan fingerprint density at radius 2 is 1.94 bits per heavy atom. The fourth-order valence-electron chi connectivity index (χ4n) is 4.33. The van der Waals surface area contributed by atoms with Crippen molar-refractivity contribution < 1.29 is 19.5 Å². The van der Waals surface area contributed by atoms with Gasteiger partial charge in [-0.15, -0.1) is 5.10 Å². The third-order valence-electron chi connectivity index (χ3n) is 5.97. The topological polar surface area (TPSA) is 115 Å². The number of nitro benzene ring substituents is 1. The highest BCUT2D eigenvalue weighted by atomic mass is 32.1. The van der Waals surface area contributed by atoms with Gasteiger partial charge in [-0.05, 0) is 5.56 Å². The summed E-state index contributed by atoms with van der Waals surface area (Å²) in [5.41, 5.74) is 0.901. The Bertz CT molecular complexity index is 1100. The van der Waals surface area contributed by atoms with Crippen molar-refractivity contribution in [1.29, 1.82) is 0 Å². The maximum absolute atomic E-state index is 11.1. The minimum atomic E-state index is -0.514. The minimum Gasteiger partial charge on any atom is -0.492 e. The van der Waals surface area contributed by atoms with Crippen molar-refractivity contribution in [1.82, 2.24) is 19.5 Å². The van der Waals surface area contributed by atoms with Crippen LogP contribution in [0, 0.1) is 10.1 Å². The number of hydrogen-bond acceptors (Lipinski definition) is 9. The van der Waals surface area contributed by atoms with Crippen molar-refractivity contribution in [3.05, 3.63) is 50.6 Å². The number of nitrogens with zero attached hydrogens (tertiary/aromatic N) is 5. The number of non-ortho nitro benzene ring substituents is 1. The maximum atomic E-state index is 11.1. The fraction of sp³-hybridized carbons (Fsp3) is 0.500. The van der Waals surface area contributed by atoms with Crippen LogP contribution in [0.15, 0.2) is 24.3 Å². The first-order valence-electron chi connectivity index (χ1n) is 10.3. The molecule has 2 aliphatic rings. The van der Waals surface area contributed by atoms with Crippen LogP contribution in [0.2, 0.25) is 0 Å². The summed E-state index contributed by atoms with van der Waals surface area (Å²) in [4.78, 5) is 18.8. The van der Waals surface area contributed by atoms with Crippen LogP contribution in [0.3, 0.4) is 0 Å². The lowest BCUT2D eigenvalue weighted by atomic mass is 9.97. The highest BCUT2D eigenvalue weighted by molar-refractivity contribution is 7.17. The monoisotopic (exact) mass is 445 g/mol. The Hall–Kier alpha value is -2.60. The van der Waals surface area contributed by atoms with Crippen LogP contribution in [0.5, 0.6) is 5.88 Å². The van der Waals surface area contributed by atoms with Gasteiger partial charge in [0, 0.05) is 44.5 Å². The van der Waals surface area contributed by atoms with Crippen molar-refractivity contribution >= 4 is 22.0 Å². The van der Waals surface area contributed by atoms with Crippen molar-refractivity contribution in [2.24, 2.45) is 0 Å². The number of fused-ring (bicyclic) bond motifs is 1. The first-order valence-corrected chi connectivity index (χ1v) is 11.1. The van der Waals surface area contributed by atoms with Crippen LogP contribution in [-0.4, -0.2) is 61.6 Å². The van der Waals surface area contributed by atoms with E-state index in [0.717, 1.165) is 23.3 Å². The SMILES string of the molecule is CCc1nc2sc([C@@H](c3ccc([N+](=O)[O-])cc3)N3CCC4(CC3)OCCO4)c(O)n2n1. The molecule has 1 aromatic carbocycles. The summed E-state index contributed by atoms with van der Waals surface area (Å²) in [6.45, 7) is 4.60. The molecule has 2 aliphatic heterocycles. The van der Waals surface area contributed by atoms with Gasteiger partial charge < -0.3 is 14.6 Å². The molecule has 0 radical (unpaired) electrons. The smallest absolute Gasteiger partial charge is 0.269 e. The van der Waals surface area contributed by atoms with E-state index in [4.69, 9.17) is 9.47 Å². The minimum absolute atomic E-state index is 0.0345. The van der Waals surface area contributed by atoms with Crippen LogP contribution in [0.25, 0.3) is 4.96 Å². The predicted molar refractivity (Wildman–Crippen MR) is 112 cm³/mol. The highest BCUT2D eigenvalue weighted by Gasteiger charge is 2.42. The average Bonchev–Trinajstić information content (AvgIpc) is 3.48. The molecular weight excluding hydrogens is 422 g/mol. The second-order valence-electron chi connectivity index (χ2n) is 7.76. The molecule has 0 aliphatic carbocycles. The Balaban J connectivity index is 1.52. The van der Waals surface area contributed by atoms with E-state index in [2.05, 4.69) is 15.0 Å². The molecule has 0 amide bonds. The summed E-state index contributed by atoms with van der Waals surface area (Å²) in [5.74, 6) is 0.222. The molecule has 164 valence electrons. The Morgan fingerprint density at radius 1 is 1.26 bits per heavy atom. The summed E-state index contributed by atoms with van der Waals surface area (Å²) in [6, 6.07) is 6.23. The van der Waals surface area contributed by atoms with Gasteiger partial charge >= 0.3 is 0 Å². The van der Waals surface area contributed by atoms with Crippen molar-refractivity contribution in [2.45, 2.75) is 38.0 Å². The summed E-state index contributed by atoms with van der Waals surface area (Å²) in [6.07, 6.45) is 2.12. The first-order chi connectivity index (χ1) is 15.0. The lowest BCUT2D eigenvalue weighted by molar-refractivity contribution is -0.384. The standard InChI is InChI=1S/C20H23N5O5S/c1-2-15-21-19-24(22-15)18(26)17(31-19)16(13-3-5-14(6-4-13)25(27)28)23-9-7-20(8-10-23)29-11-12-30-20/h3-6,16,26H,2,7-12H2,1H3/t16-/m1/s1. The zero-order chi connectivity index (χ0) is 21.6.